The number of nitrogens with zero attached hydrogens (tertiary/aromatic N) is 2. The van der Waals surface area contributed by atoms with Crippen LogP contribution < -0.4 is 9.47 Å². The molecule has 0 aromatic heterocycles. The van der Waals surface area contributed by atoms with Crippen LogP contribution >= 0.6 is 0 Å². The fourth-order valence-corrected chi connectivity index (χ4v) is 2.63. The zero-order valence-electron chi connectivity index (χ0n) is 13.5. The maximum atomic E-state index is 12.8. The molecule has 6 heteroatoms. The molecule has 1 heterocycles. The van der Waals surface area contributed by atoms with E-state index in [4.69, 9.17) is 9.47 Å². The Kier molecular flexibility index (Phi) is 4.90. The van der Waals surface area contributed by atoms with E-state index in [2.05, 4.69) is 0 Å². The molecule has 120 valence electrons. The van der Waals surface area contributed by atoms with Gasteiger partial charge in [-0.3, -0.25) is 9.59 Å². The zero-order chi connectivity index (χ0) is 16.3. The summed E-state index contributed by atoms with van der Waals surface area (Å²) in [7, 11) is 3.01. The molecule has 1 aromatic carbocycles. The smallest absolute Gasteiger partial charge is 0.261 e. The molecule has 0 atom stereocenters. The van der Waals surface area contributed by atoms with Gasteiger partial charge in [-0.15, -0.1) is 0 Å². The first-order chi connectivity index (χ1) is 10.5. The second-order valence-electron chi connectivity index (χ2n) is 5.45. The van der Waals surface area contributed by atoms with Crippen molar-refractivity contribution in [2.24, 2.45) is 0 Å². The molecule has 0 aliphatic carbocycles. The lowest BCUT2D eigenvalue weighted by Crippen LogP contribution is -2.54. The second-order valence-corrected chi connectivity index (χ2v) is 5.45. The van der Waals surface area contributed by atoms with Crippen molar-refractivity contribution in [2.45, 2.75) is 19.9 Å². The molecule has 0 spiro atoms. The van der Waals surface area contributed by atoms with E-state index in [1.807, 2.05) is 13.8 Å². The molecule has 1 fully saturated rings. The van der Waals surface area contributed by atoms with Crippen molar-refractivity contribution in [1.29, 1.82) is 0 Å². The molecule has 2 amide bonds. The van der Waals surface area contributed by atoms with Crippen molar-refractivity contribution >= 4 is 11.8 Å². The van der Waals surface area contributed by atoms with Gasteiger partial charge in [0.15, 0.2) is 0 Å². The highest BCUT2D eigenvalue weighted by Crippen LogP contribution is 2.30. The Morgan fingerprint density at radius 3 is 2.18 bits per heavy atom. The first-order valence-corrected chi connectivity index (χ1v) is 7.29. The summed E-state index contributed by atoms with van der Waals surface area (Å²) >= 11 is 0. The van der Waals surface area contributed by atoms with E-state index in [1.54, 1.807) is 28.0 Å². The Morgan fingerprint density at radius 1 is 1.14 bits per heavy atom. The van der Waals surface area contributed by atoms with Crippen LogP contribution in [0.4, 0.5) is 0 Å². The van der Waals surface area contributed by atoms with Crippen molar-refractivity contribution in [3.63, 3.8) is 0 Å². The van der Waals surface area contributed by atoms with Crippen molar-refractivity contribution in [2.75, 3.05) is 33.9 Å². The number of benzene rings is 1. The summed E-state index contributed by atoms with van der Waals surface area (Å²) in [6, 6.07) is 5.32. The van der Waals surface area contributed by atoms with Gasteiger partial charge >= 0.3 is 0 Å². The van der Waals surface area contributed by atoms with E-state index in [1.165, 1.54) is 14.2 Å². The highest BCUT2D eigenvalue weighted by molar-refractivity contribution is 6.01. The molecule has 0 saturated carbocycles. The Labute approximate surface area is 130 Å². The molecule has 1 saturated heterocycles. The fraction of sp³-hybridized carbons (Fsp3) is 0.500. The average molecular weight is 306 g/mol. The molecule has 1 aliphatic rings. The summed E-state index contributed by atoms with van der Waals surface area (Å²) < 4.78 is 10.5. The predicted octanol–water partition coefficient (Wildman–Crippen LogP) is 1.40. The molecule has 0 radical (unpaired) electrons. The lowest BCUT2D eigenvalue weighted by atomic mass is 10.1. The molecule has 22 heavy (non-hydrogen) atoms. The van der Waals surface area contributed by atoms with Gasteiger partial charge < -0.3 is 19.3 Å². The van der Waals surface area contributed by atoms with Gasteiger partial charge in [-0.05, 0) is 26.0 Å². The van der Waals surface area contributed by atoms with E-state index >= 15 is 0 Å². The molecular formula is C16H22N2O4. The summed E-state index contributed by atoms with van der Waals surface area (Å²) in [6.07, 6.45) is 0. The molecule has 0 N–H and O–H groups in total. The van der Waals surface area contributed by atoms with Crippen molar-refractivity contribution in [3.8, 4) is 11.5 Å². The van der Waals surface area contributed by atoms with Crippen LogP contribution in [0.3, 0.4) is 0 Å². The van der Waals surface area contributed by atoms with E-state index in [-0.39, 0.29) is 24.4 Å². The standard InChI is InChI=1S/C16H22N2O4/c1-11(2)18-9-8-17(10-14(18)19)16(20)15-12(21-3)6-5-7-13(15)22-4/h5-7,11H,8-10H2,1-4H3. The third-order valence-corrected chi connectivity index (χ3v) is 3.81. The fourth-order valence-electron chi connectivity index (χ4n) is 2.63. The van der Waals surface area contributed by atoms with Crippen LogP contribution in [-0.2, 0) is 4.79 Å². The van der Waals surface area contributed by atoms with Crippen molar-refractivity contribution < 1.29 is 19.1 Å². The van der Waals surface area contributed by atoms with Crippen LogP contribution in [0, 0.1) is 0 Å². The Balaban J connectivity index is 2.25. The van der Waals surface area contributed by atoms with Gasteiger partial charge in [-0.25, -0.2) is 0 Å². The first-order valence-electron chi connectivity index (χ1n) is 7.29. The number of piperazine rings is 1. The van der Waals surface area contributed by atoms with E-state index in [0.29, 0.717) is 30.2 Å². The first kappa shape index (κ1) is 16.1. The monoisotopic (exact) mass is 306 g/mol. The number of carbonyl (C=O) groups excluding carboxylic acids is 2. The van der Waals surface area contributed by atoms with Crippen LogP contribution in [-0.4, -0.2) is 61.5 Å². The second kappa shape index (κ2) is 6.68. The summed E-state index contributed by atoms with van der Waals surface area (Å²) in [6.45, 7) is 5.07. The molecule has 6 nitrogen and oxygen atoms in total. The van der Waals surface area contributed by atoms with Gasteiger partial charge in [-0.2, -0.15) is 0 Å². The number of hydrogen-bond acceptors (Lipinski definition) is 4. The quantitative estimate of drug-likeness (QED) is 0.843. The molecule has 0 bridgehead atoms. The molecule has 0 unspecified atom stereocenters. The normalized spacial score (nSPS) is 15.2. The summed E-state index contributed by atoms with van der Waals surface area (Å²) in [5.41, 5.74) is 0.360. The Morgan fingerprint density at radius 2 is 1.73 bits per heavy atom. The number of amides is 2. The molecule has 1 aromatic rings. The molecule has 1 aliphatic heterocycles. The third-order valence-electron chi connectivity index (χ3n) is 3.81. The van der Waals surface area contributed by atoms with E-state index in [0.717, 1.165) is 0 Å². The Bertz CT molecular complexity index is 549. The van der Waals surface area contributed by atoms with Gasteiger partial charge in [0.1, 0.15) is 23.6 Å². The van der Waals surface area contributed by atoms with Gasteiger partial charge in [0.05, 0.1) is 14.2 Å². The van der Waals surface area contributed by atoms with Crippen molar-refractivity contribution in [1.82, 2.24) is 9.80 Å². The maximum Gasteiger partial charge on any atom is 0.261 e. The van der Waals surface area contributed by atoms with Crippen LogP contribution in [0.2, 0.25) is 0 Å². The van der Waals surface area contributed by atoms with E-state index in [9.17, 15) is 9.59 Å². The number of ether oxygens (including phenoxy) is 2. The van der Waals surface area contributed by atoms with Crippen LogP contribution in [0.15, 0.2) is 18.2 Å². The highest BCUT2D eigenvalue weighted by Gasteiger charge is 2.31. The lowest BCUT2D eigenvalue weighted by Gasteiger charge is -2.36. The van der Waals surface area contributed by atoms with Crippen LogP contribution in [0.1, 0.15) is 24.2 Å². The minimum atomic E-state index is -0.244. The van der Waals surface area contributed by atoms with Gasteiger partial charge in [0.25, 0.3) is 5.91 Å². The summed E-state index contributed by atoms with van der Waals surface area (Å²) in [4.78, 5) is 28.3. The van der Waals surface area contributed by atoms with Crippen LogP contribution in [0.5, 0.6) is 11.5 Å². The molecular weight excluding hydrogens is 284 g/mol. The Hall–Kier alpha value is -2.24. The zero-order valence-corrected chi connectivity index (χ0v) is 13.5. The van der Waals surface area contributed by atoms with Crippen LogP contribution in [0.25, 0.3) is 0 Å². The third kappa shape index (κ3) is 3.00. The SMILES string of the molecule is COc1cccc(OC)c1C(=O)N1CCN(C(C)C)C(=O)C1. The summed E-state index contributed by atoms with van der Waals surface area (Å²) in [5.74, 6) is 0.612. The van der Waals surface area contributed by atoms with Gasteiger partial charge in [-0.1, -0.05) is 6.07 Å². The lowest BCUT2D eigenvalue weighted by molar-refractivity contribution is -0.136. The van der Waals surface area contributed by atoms with Gasteiger partial charge in [0, 0.05) is 19.1 Å². The minimum absolute atomic E-state index is 0.0385. The number of carbonyl (C=O) groups is 2. The van der Waals surface area contributed by atoms with E-state index < -0.39 is 0 Å². The summed E-state index contributed by atoms with van der Waals surface area (Å²) in [5, 5.41) is 0. The number of methoxy groups -OCH3 is 2. The highest BCUT2D eigenvalue weighted by atomic mass is 16.5. The number of rotatable bonds is 4. The van der Waals surface area contributed by atoms with Gasteiger partial charge in [0.2, 0.25) is 5.91 Å². The molecule has 2 rings (SSSR count). The number of hydrogen-bond donors (Lipinski definition) is 0. The average Bonchev–Trinajstić information content (AvgIpc) is 2.52. The minimum Gasteiger partial charge on any atom is -0.496 e. The topological polar surface area (TPSA) is 59.1 Å². The van der Waals surface area contributed by atoms with Crippen molar-refractivity contribution in [3.05, 3.63) is 23.8 Å². The largest absolute Gasteiger partial charge is 0.496 e. The predicted molar refractivity (Wildman–Crippen MR) is 82.3 cm³/mol. The maximum absolute atomic E-state index is 12.8.